The average molecular weight is 271 g/mol. The number of carbonyl (C=O) groups excluding carboxylic acids is 2. The topological polar surface area (TPSA) is 46.2 Å². The number of alkyl halides is 3. The van der Waals surface area contributed by atoms with Crippen molar-refractivity contribution in [3.8, 4) is 0 Å². The second kappa shape index (κ2) is 5.03. The molecule has 1 N–H and O–H groups in total. The number of halogens is 3. The maximum atomic E-state index is 12.6. The van der Waals surface area contributed by atoms with Gasteiger partial charge in [0.25, 0.3) is 0 Å². The minimum Gasteiger partial charge on any atom is -0.296 e. The summed E-state index contributed by atoms with van der Waals surface area (Å²) in [6, 6.07) is 4.92. The van der Waals surface area contributed by atoms with Crippen LogP contribution < -0.4 is 5.32 Å². The summed E-state index contributed by atoms with van der Waals surface area (Å²) in [6.45, 7) is 0. The highest BCUT2D eigenvalue weighted by Gasteiger charge is 2.31. The Kier molecular flexibility index (Phi) is 3.59. The number of amides is 2. The number of nitrogens with one attached hydrogen (secondary N) is 1. The smallest absolute Gasteiger partial charge is 0.296 e. The average Bonchev–Trinajstić information content (AvgIpc) is 2.32. The van der Waals surface area contributed by atoms with Crippen LogP contribution in [0.1, 0.15) is 24.0 Å². The standard InChI is InChI=1S/C13H12F3NO2/c14-13(15,16)10-3-1-2-8(7-10)6-9-4-5-11(18)17-12(9)19/h1-3,7,9H,4-6H2,(H,17,18,19). The Morgan fingerprint density at radius 3 is 2.63 bits per heavy atom. The predicted molar refractivity (Wildman–Crippen MR) is 61.0 cm³/mol. The van der Waals surface area contributed by atoms with Gasteiger partial charge in [0.1, 0.15) is 0 Å². The molecule has 1 fully saturated rings. The van der Waals surface area contributed by atoms with Gasteiger partial charge >= 0.3 is 6.18 Å². The van der Waals surface area contributed by atoms with Crippen molar-refractivity contribution < 1.29 is 22.8 Å². The van der Waals surface area contributed by atoms with Crippen LogP contribution in [0.5, 0.6) is 0 Å². The molecule has 0 spiro atoms. The first-order valence-electron chi connectivity index (χ1n) is 5.86. The molecule has 3 nitrogen and oxygen atoms in total. The number of carbonyl (C=O) groups is 2. The lowest BCUT2D eigenvalue weighted by atomic mass is 9.91. The van der Waals surface area contributed by atoms with E-state index in [-0.39, 0.29) is 18.7 Å². The number of imide groups is 1. The van der Waals surface area contributed by atoms with Gasteiger partial charge in [-0.3, -0.25) is 14.9 Å². The highest BCUT2D eigenvalue weighted by Crippen LogP contribution is 2.30. The van der Waals surface area contributed by atoms with E-state index in [4.69, 9.17) is 0 Å². The Labute approximate surface area is 107 Å². The molecule has 1 atom stereocenters. The van der Waals surface area contributed by atoms with Gasteiger partial charge in [-0.2, -0.15) is 13.2 Å². The molecule has 102 valence electrons. The van der Waals surface area contributed by atoms with E-state index in [0.717, 1.165) is 12.1 Å². The fourth-order valence-electron chi connectivity index (χ4n) is 2.09. The molecule has 0 radical (unpaired) electrons. The third-order valence-electron chi connectivity index (χ3n) is 3.09. The van der Waals surface area contributed by atoms with Crippen LogP contribution in [-0.2, 0) is 22.2 Å². The second-order valence-electron chi connectivity index (χ2n) is 4.55. The Bertz CT molecular complexity index is 511. The molecule has 1 aromatic carbocycles. The molecule has 1 aliphatic heterocycles. The van der Waals surface area contributed by atoms with Crippen LogP contribution in [0, 0.1) is 5.92 Å². The van der Waals surface area contributed by atoms with Gasteiger partial charge in [-0.25, -0.2) is 0 Å². The van der Waals surface area contributed by atoms with Gasteiger partial charge in [0.15, 0.2) is 0 Å². The Balaban J connectivity index is 2.11. The maximum Gasteiger partial charge on any atom is 0.416 e. The first kappa shape index (κ1) is 13.6. The summed E-state index contributed by atoms with van der Waals surface area (Å²) in [5.41, 5.74) is -0.276. The van der Waals surface area contributed by atoms with Gasteiger partial charge in [-0.15, -0.1) is 0 Å². The molecule has 6 heteroatoms. The Hall–Kier alpha value is -1.85. The quantitative estimate of drug-likeness (QED) is 0.839. The zero-order chi connectivity index (χ0) is 14.0. The van der Waals surface area contributed by atoms with Gasteiger partial charge in [0.2, 0.25) is 11.8 Å². The summed E-state index contributed by atoms with van der Waals surface area (Å²) in [4.78, 5) is 22.5. The molecule has 1 aliphatic rings. The van der Waals surface area contributed by atoms with Gasteiger partial charge in [0, 0.05) is 12.3 Å². The SMILES string of the molecule is O=C1CCC(Cc2cccc(C(F)(F)F)c2)C(=O)N1. The molecule has 2 amide bonds. The van der Waals surface area contributed by atoms with Crippen molar-refractivity contribution in [3.63, 3.8) is 0 Å². The summed E-state index contributed by atoms with van der Waals surface area (Å²) in [7, 11) is 0. The third-order valence-corrected chi connectivity index (χ3v) is 3.09. The number of benzene rings is 1. The molecular formula is C13H12F3NO2. The molecule has 1 saturated heterocycles. The predicted octanol–water partition coefficient (Wildman–Crippen LogP) is 2.30. The second-order valence-corrected chi connectivity index (χ2v) is 4.55. The minimum absolute atomic E-state index is 0.211. The van der Waals surface area contributed by atoms with Crippen molar-refractivity contribution in [2.45, 2.75) is 25.4 Å². The molecule has 2 rings (SSSR count). The van der Waals surface area contributed by atoms with Crippen molar-refractivity contribution in [1.29, 1.82) is 0 Å². The number of rotatable bonds is 2. The van der Waals surface area contributed by atoms with Crippen molar-refractivity contribution in [2.75, 3.05) is 0 Å². The molecule has 19 heavy (non-hydrogen) atoms. The molecule has 0 bridgehead atoms. The van der Waals surface area contributed by atoms with E-state index in [9.17, 15) is 22.8 Å². The van der Waals surface area contributed by atoms with E-state index < -0.39 is 23.6 Å². The van der Waals surface area contributed by atoms with Crippen LogP contribution in [-0.4, -0.2) is 11.8 Å². The largest absolute Gasteiger partial charge is 0.416 e. The monoisotopic (exact) mass is 271 g/mol. The zero-order valence-electron chi connectivity index (χ0n) is 9.96. The summed E-state index contributed by atoms with van der Waals surface area (Å²) < 4.78 is 37.7. The van der Waals surface area contributed by atoms with Crippen LogP contribution in [0.25, 0.3) is 0 Å². The first-order chi connectivity index (χ1) is 8.86. The lowest BCUT2D eigenvalue weighted by Gasteiger charge is -2.21. The van der Waals surface area contributed by atoms with Crippen LogP contribution >= 0.6 is 0 Å². The summed E-state index contributed by atoms with van der Waals surface area (Å²) in [5, 5.41) is 2.19. The third kappa shape index (κ3) is 3.33. The van der Waals surface area contributed by atoms with E-state index in [1.807, 2.05) is 0 Å². The number of hydrogen-bond donors (Lipinski definition) is 1. The van der Waals surface area contributed by atoms with Gasteiger partial charge in [0.05, 0.1) is 5.56 Å². The molecule has 1 aromatic rings. The molecule has 0 aromatic heterocycles. The summed E-state index contributed by atoms with van der Waals surface area (Å²) >= 11 is 0. The minimum atomic E-state index is -4.39. The van der Waals surface area contributed by atoms with Gasteiger partial charge < -0.3 is 0 Å². The lowest BCUT2D eigenvalue weighted by molar-refractivity contribution is -0.137. The molecule has 1 unspecified atom stereocenters. The van der Waals surface area contributed by atoms with E-state index in [1.165, 1.54) is 6.07 Å². The van der Waals surface area contributed by atoms with Gasteiger partial charge in [-0.1, -0.05) is 18.2 Å². The van der Waals surface area contributed by atoms with Crippen molar-refractivity contribution in [3.05, 3.63) is 35.4 Å². The highest BCUT2D eigenvalue weighted by atomic mass is 19.4. The fourth-order valence-corrected chi connectivity index (χ4v) is 2.09. The Morgan fingerprint density at radius 2 is 2.00 bits per heavy atom. The zero-order valence-corrected chi connectivity index (χ0v) is 9.96. The van der Waals surface area contributed by atoms with E-state index in [0.29, 0.717) is 12.0 Å². The molecule has 1 heterocycles. The van der Waals surface area contributed by atoms with Crippen LogP contribution in [0.4, 0.5) is 13.2 Å². The molecule has 0 aliphatic carbocycles. The van der Waals surface area contributed by atoms with Crippen molar-refractivity contribution in [1.82, 2.24) is 5.32 Å². The normalized spacial score (nSPS) is 20.3. The maximum absolute atomic E-state index is 12.6. The van der Waals surface area contributed by atoms with Crippen LogP contribution in [0.15, 0.2) is 24.3 Å². The first-order valence-corrected chi connectivity index (χ1v) is 5.86. The van der Waals surface area contributed by atoms with Crippen molar-refractivity contribution >= 4 is 11.8 Å². The highest BCUT2D eigenvalue weighted by molar-refractivity contribution is 5.98. The number of piperidine rings is 1. The summed E-state index contributed by atoms with van der Waals surface area (Å²) in [5.74, 6) is -1.18. The molecule has 0 saturated carbocycles. The van der Waals surface area contributed by atoms with Gasteiger partial charge in [-0.05, 0) is 24.5 Å². The molecular weight excluding hydrogens is 259 g/mol. The fraction of sp³-hybridized carbons (Fsp3) is 0.385. The number of hydrogen-bond acceptors (Lipinski definition) is 2. The summed E-state index contributed by atoms with van der Waals surface area (Å²) in [6.07, 6.45) is -3.57. The van der Waals surface area contributed by atoms with Crippen LogP contribution in [0.3, 0.4) is 0 Å². The van der Waals surface area contributed by atoms with E-state index >= 15 is 0 Å². The van der Waals surface area contributed by atoms with E-state index in [2.05, 4.69) is 5.32 Å². The Morgan fingerprint density at radius 1 is 1.26 bits per heavy atom. The van der Waals surface area contributed by atoms with Crippen molar-refractivity contribution in [2.24, 2.45) is 5.92 Å². The van der Waals surface area contributed by atoms with E-state index in [1.54, 1.807) is 6.07 Å². The van der Waals surface area contributed by atoms with Crippen LogP contribution in [0.2, 0.25) is 0 Å². The lowest BCUT2D eigenvalue weighted by Crippen LogP contribution is -2.41.